The number of hydrogen-bond acceptors (Lipinski definition) is 5. The van der Waals surface area contributed by atoms with E-state index in [2.05, 4.69) is 10.6 Å². The monoisotopic (exact) mass is 399 g/mol. The zero-order valence-electron chi connectivity index (χ0n) is 16.8. The highest BCUT2D eigenvalue weighted by Gasteiger charge is 2.29. The van der Waals surface area contributed by atoms with Gasteiger partial charge in [-0.05, 0) is 19.0 Å². The minimum atomic E-state index is -0.589. The van der Waals surface area contributed by atoms with Gasteiger partial charge in [0.25, 0.3) is 5.91 Å². The lowest BCUT2D eigenvalue weighted by Crippen LogP contribution is -2.39. The molecule has 2 amide bonds. The van der Waals surface area contributed by atoms with E-state index in [4.69, 9.17) is 9.47 Å². The van der Waals surface area contributed by atoms with Crippen molar-refractivity contribution in [3.8, 4) is 11.5 Å². The molecule has 1 atom stereocenters. The summed E-state index contributed by atoms with van der Waals surface area (Å²) in [5, 5.41) is 6.12. The summed E-state index contributed by atoms with van der Waals surface area (Å²) in [6.07, 6.45) is 0.902. The number of rotatable bonds is 5. The van der Waals surface area contributed by atoms with Gasteiger partial charge in [0.2, 0.25) is 5.91 Å². The molecule has 1 unspecified atom stereocenters. The summed E-state index contributed by atoms with van der Waals surface area (Å²) >= 11 is 0. The van der Waals surface area contributed by atoms with Gasteiger partial charge >= 0.3 is 0 Å². The largest absolute Gasteiger partial charge is 0.493 e. The molecular formula is C19H30ClN3O4. The lowest BCUT2D eigenvalue weighted by molar-refractivity contribution is -0.123. The molecule has 0 spiro atoms. The SMILES string of the molecule is COc1cc(NC(=O)C(C)(C)C)c(C(=O)N(C)C2CCNC2)cc1OC.Cl. The highest BCUT2D eigenvalue weighted by Crippen LogP contribution is 2.35. The Balaban J connectivity index is 0.00000364. The van der Waals surface area contributed by atoms with Crippen LogP contribution in [0.5, 0.6) is 11.5 Å². The fourth-order valence-electron chi connectivity index (χ4n) is 2.79. The maximum Gasteiger partial charge on any atom is 0.256 e. The van der Waals surface area contributed by atoms with E-state index in [1.54, 1.807) is 24.1 Å². The Hall–Kier alpha value is -1.99. The maximum atomic E-state index is 13.1. The van der Waals surface area contributed by atoms with E-state index in [9.17, 15) is 9.59 Å². The van der Waals surface area contributed by atoms with Crippen molar-refractivity contribution in [3.63, 3.8) is 0 Å². The number of carbonyl (C=O) groups excluding carboxylic acids is 2. The standard InChI is InChI=1S/C19H29N3O4.ClH/c1-19(2,3)18(24)21-14-10-16(26-6)15(25-5)9-13(14)17(23)22(4)12-7-8-20-11-12;/h9-10,12,20H,7-8,11H2,1-6H3,(H,21,24);1H. The van der Waals surface area contributed by atoms with Gasteiger partial charge in [0.05, 0.1) is 25.5 Å². The van der Waals surface area contributed by atoms with E-state index in [0.717, 1.165) is 19.5 Å². The summed E-state index contributed by atoms with van der Waals surface area (Å²) in [7, 11) is 4.82. The number of carbonyl (C=O) groups is 2. The van der Waals surface area contributed by atoms with Gasteiger partial charge in [-0.15, -0.1) is 12.4 Å². The van der Waals surface area contributed by atoms with E-state index in [-0.39, 0.29) is 30.3 Å². The average Bonchev–Trinajstić information content (AvgIpc) is 3.13. The normalized spacial score (nSPS) is 16.3. The van der Waals surface area contributed by atoms with Gasteiger partial charge < -0.3 is 25.0 Å². The molecule has 0 saturated carbocycles. The van der Waals surface area contributed by atoms with Crippen LogP contribution in [0.4, 0.5) is 5.69 Å². The number of hydrogen-bond donors (Lipinski definition) is 2. The number of likely N-dealkylation sites (N-methyl/N-ethyl adjacent to an activating group) is 1. The highest BCUT2D eigenvalue weighted by molar-refractivity contribution is 6.05. The smallest absolute Gasteiger partial charge is 0.256 e. The van der Waals surface area contributed by atoms with E-state index in [1.807, 2.05) is 20.8 Å². The van der Waals surface area contributed by atoms with Crippen molar-refractivity contribution in [3.05, 3.63) is 17.7 Å². The first kappa shape index (κ1) is 23.0. The number of nitrogens with zero attached hydrogens (tertiary/aromatic N) is 1. The van der Waals surface area contributed by atoms with Gasteiger partial charge in [-0.2, -0.15) is 0 Å². The second-order valence-electron chi connectivity index (χ2n) is 7.52. The van der Waals surface area contributed by atoms with Crippen LogP contribution in [0.2, 0.25) is 0 Å². The summed E-state index contributed by atoms with van der Waals surface area (Å²) in [4.78, 5) is 27.3. The molecule has 1 aromatic rings. The van der Waals surface area contributed by atoms with Crippen molar-refractivity contribution in [2.24, 2.45) is 5.41 Å². The Morgan fingerprint density at radius 2 is 1.78 bits per heavy atom. The molecule has 1 aliphatic rings. The Labute approximate surface area is 167 Å². The molecule has 1 aliphatic heterocycles. The quantitative estimate of drug-likeness (QED) is 0.795. The molecule has 1 aromatic carbocycles. The van der Waals surface area contributed by atoms with E-state index in [0.29, 0.717) is 22.7 Å². The van der Waals surface area contributed by atoms with Crippen LogP contribution in [-0.2, 0) is 4.79 Å². The molecule has 7 nitrogen and oxygen atoms in total. The number of nitrogens with one attached hydrogen (secondary N) is 2. The van der Waals surface area contributed by atoms with Crippen LogP contribution in [0, 0.1) is 5.41 Å². The van der Waals surface area contributed by atoms with E-state index >= 15 is 0 Å². The van der Waals surface area contributed by atoms with Gasteiger partial charge in [0, 0.05) is 31.1 Å². The molecule has 8 heteroatoms. The molecule has 2 rings (SSSR count). The Morgan fingerprint density at radius 1 is 1.19 bits per heavy atom. The Bertz CT molecular complexity index is 682. The van der Waals surface area contributed by atoms with E-state index in [1.165, 1.54) is 14.2 Å². The molecule has 0 aliphatic carbocycles. The Kier molecular flexibility index (Phi) is 7.92. The van der Waals surface area contributed by atoms with Crippen molar-refractivity contribution < 1.29 is 19.1 Å². The number of anilines is 1. The topological polar surface area (TPSA) is 79.9 Å². The molecule has 27 heavy (non-hydrogen) atoms. The molecule has 0 aromatic heterocycles. The predicted molar refractivity (Wildman–Crippen MR) is 108 cm³/mol. The maximum absolute atomic E-state index is 13.1. The van der Waals surface area contributed by atoms with Crippen molar-refractivity contribution in [1.82, 2.24) is 10.2 Å². The number of halogens is 1. The Morgan fingerprint density at radius 3 is 2.26 bits per heavy atom. The summed E-state index contributed by atoms with van der Waals surface area (Å²) in [6.45, 7) is 7.11. The molecule has 1 saturated heterocycles. The van der Waals surface area contributed by atoms with Crippen LogP contribution in [0.1, 0.15) is 37.6 Å². The first-order valence-electron chi connectivity index (χ1n) is 8.74. The average molecular weight is 400 g/mol. The summed E-state index contributed by atoms with van der Waals surface area (Å²) < 4.78 is 10.7. The van der Waals surface area contributed by atoms with Crippen LogP contribution < -0.4 is 20.1 Å². The molecule has 0 bridgehead atoms. The molecule has 1 heterocycles. The minimum absolute atomic E-state index is 0. The van der Waals surface area contributed by atoms with Gasteiger partial charge in [-0.1, -0.05) is 20.8 Å². The van der Waals surface area contributed by atoms with Crippen LogP contribution in [0.25, 0.3) is 0 Å². The fraction of sp³-hybridized carbons (Fsp3) is 0.579. The summed E-state index contributed by atoms with van der Waals surface area (Å²) in [5.41, 5.74) is 0.217. The second-order valence-corrected chi connectivity index (χ2v) is 7.52. The molecule has 0 radical (unpaired) electrons. The van der Waals surface area contributed by atoms with Crippen LogP contribution in [0.3, 0.4) is 0 Å². The fourth-order valence-corrected chi connectivity index (χ4v) is 2.79. The second kappa shape index (κ2) is 9.28. The third-order valence-electron chi connectivity index (χ3n) is 4.59. The molecule has 1 fully saturated rings. The van der Waals surface area contributed by atoms with Crippen molar-refractivity contribution in [2.45, 2.75) is 33.2 Å². The molecular weight excluding hydrogens is 370 g/mol. The molecule has 152 valence electrons. The zero-order valence-corrected chi connectivity index (χ0v) is 17.7. The third kappa shape index (κ3) is 5.26. The predicted octanol–water partition coefficient (Wildman–Crippen LogP) is 2.54. The first-order chi connectivity index (χ1) is 12.2. The highest BCUT2D eigenvalue weighted by atomic mass is 35.5. The summed E-state index contributed by atoms with van der Waals surface area (Å²) in [5.74, 6) is 0.564. The first-order valence-corrected chi connectivity index (χ1v) is 8.74. The lowest BCUT2D eigenvalue weighted by atomic mass is 9.95. The number of benzene rings is 1. The third-order valence-corrected chi connectivity index (χ3v) is 4.59. The zero-order chi connectivity index (χ0) is 19.5. The summed E-state index contributed by atoms with van der Waals surface area (Å²) in [6, 6.07) is 3.39. The number of ether oxygens (including phenoxy) is 2. The van der Waals surface area contributed by atoms with E-state index < -0.39 is 5.41 Å². The van der Waals surface area contributed by atoms with Crippen LogP contribution in [0.15, 0.2) is 12.1 Å². The van der Waals surface area contributed by atoms with Crippen molar-refractivity contribution in [1.29, 1.82) is 0 Å². The van der Waals surface area contributed by atoms with Gasteiger partial charge in [-0.25, -0.2) is 0 Å². The van der Waals surface area contributed by atoms with Crippen molar-refractivity contribution >= 4 is 29.9 Å². The van der Waals surface area contributed by atoms with Crippen molar-refractivity contribution in [2.75, 3.05) is 39.7 Å². The van der Waals surface area contributed by atoms with Gasteiger partial charge in [-0.3, -0.25) is 9.59 Å². The van der Waals surface area contributed by atoms with Gasteiger partial charge in [0.1, 0.15) is 0 Å². The number of amides is 2. The van der Waals surface area contributed by atoms with Crippen LogP contribution in [-0.4, -0.2) is 57.1 Å². The van der Waals surface area contributed by atoms with Gasteiger partial charge in [0.15, 0.2) is 11.5 Å². The molecule has 2 N–H and O–H groups in total. The van der Waals surface area contributed by atoms with Crippen LogP contribution >= 0.6 is 12.4 Å². The number of methoxy groups -OCH3 is 2. The lowest BCUT2D eigenvalue weighted by Gasteiger charge is -2.26. The minimum Gasteiger partial charge on any atom is -0.493 e.